The summed E-state index contributed by atoms with van der Waals surface area (Å²) in [6.45, 7) is 3.08. The molecular weight excluding hydrogens is 214 g/mol. The van der Waals surface area contributed by atoms with Gasteiger partial charge in [0.05, 0.1) is 5.60 Å². The first-order valence-electron chi connectivity index (χ1n) is 6.12. The van der Waals surface area contributed by atoms with Crippen LogP contribution in [0.5, 0.6) is 0 Å². The Balaban J connectivity index is 2.10. The van der Waals surface area contributed by atoms with Gasteiger partial charge in [-0.25, -0.2) is 4.98 Å². The molecule has 0 amide bonds. The van der Waals surface area contributed by atoms with E-state index < -0.39 is 5.60 Å². The van der Waals surface area contributed by atoms with E-state index in [1.54, 1.807) is 6.20 Å². The van der Waals surface area contributed by atoms with Crippen LogP contribution in [0, 0.1) is 0 Å². The third-order valence-corrected chi connectivity index (χ3v) is 3.80. The van der Waals surface area contributed by atoms with Crippen LogP contribution in [0.1, 0.15) is 25.3 Å². The molecule has 0 spiro atoms. The minimum atomic E-state index is -0.636. The van der Waals surface area contributed by atoms with E-state index in [1.807, 2.05) is 12.1 Å². The van der Waals surface area contributed by atoms with Crippen LogP contribution < -0.4 is 5.73 Å². The van der Waals surface area contributed by atoms with E-state index in [2.05, 4.69) is 23.9 Å². The average Bonchev–Trinajstić information content (AvgIpc) is 2.28. The Labute approximate surface area is 102 Å². The second kappa shape index (κ2) is 4.63. The first-order chi connectivity index (χ1) is 8.00. The summed E-state index contributed by atoms with van der Waals surface area (Å²) in [5, 5.41) is 10.6. The fourth-order valence-corrected chi connectivity index (χ4v) is 2.53. The van der Waals surface area contributed by atoms with Gasteiger partial charge in [0.2, 0.25) is 0 Å². The highest BCUT2D eigenvalue weighted by Crippen LogP contribution is 2.30. The number of aromatic nitrogens is 1. The zero-order chi connectivity index (χ0) is 12.5. The monoisotopic (exact) mass is 235 g/mol. The van der Waals surface area contributed by atoms with Gasteiger partial charge in [-0.3, -0.25) is 0 Å². The van der Waals surface area contributed by atoms with Gasteiger partial charge in [-0.1, -0.05) is 6.07 Å². The van der Waals surface area contributed by atoms with Crippen LogP contribution in [0.2, 0.25) is 0 Å². The third-order valence-electron chi connectivity index (χ3n) is 3.80. The van der Waals surface area contributed by atoms with E-state index in [1.165, 1.54) is 0 Å². The van der Waals surface area contributed by atoms with Gasteiger partial charge in [-0.05, 0) is 38.4 Å². The molecule has 1 aliphatic heterocycles. The highest BCUT2D eigenvalue weighted by atomic mass is 16.3. The largest absolute Gasteiger partial charge is 0.389 e. The fourth-order valence-electron chi connectivity index (χ4n) is 2.53. The number of likely N-dealkylation sites (tertiary alicyclic amines) is 1. The molecule has 17 heavy (non-hydrogen) atoms. The summed E-state index contributed by atoms with van der Waals surface area (Å²) >= 11 is 0. The molecule has 1 saturated heterocycles. The van der Waals surface area contributed by atoms with Crippen molar-refractivity contribution in [3.63, 3.8) is 0 Å². The van der Waals surface area contributed by atoms with Gasteiger partial charge < -0.3 is 15.7 Å². The van der Waals surface area contributed by atoms with Gasteiger partial charge in [0.1, 0.15) is 5.82 Å². The van der Waals surface area contributed by atoms with E-state index in [0.717, 1.165) is 24.9 Å². The minimum absolute atomic E-state index is 0.409. The molecule has 3 N–H and O–H groups in total. The maximum absolute atomic E-state index is 10.6. The number of hydrogen-bond donors (Lipinski definition) is 2. The van der Waals surface area contributed by atoms with Crippen molar-refractivity contribution in [2.75, 3.05) is 19.3 Å². The summed E-state index contributed by atoms with van der Waals surface area (Å²) in [4.78, 5) is 6.34. The van der Waals surface area contributed by atoms with Crippen molar-refractivity contribution in [3.8, 4) is 0 Å². The molecule has 0 bridgehead atoms. The molecular formula is C13H21N3O. The predicted octanol–water partition coefficient (Wildman–Crippen LogP) is 1.05. The quantitative estimate of drug-likeness (QED) is 0.804. The lowest BCUT2D eigenvalue weighted by Crippen LogP contribution is -2.48. The molecule has 0 aliphatic carbocycles. The number of hydrogen-bond acceptors (Lipinski definition) is 4. The predicted molar refractivity (Wildman–Crippen MR) is 68.6 cm³/mol. The van der Waals surface area contributed by atoms with Gasteiger partial charge >= 0.3 is 0 Å². The van der Waals surface area contributed by atoms with Crippen LogP contribution in [0.15, 0.2) is 18.3 Å². The number of aliphatic hydroxyl groups is 1. The van der Waals surface area contributed by atoms with Crippen molar-refractivity contribution < 1.29 is 5.11 Å². The molecule has 94 valence electrons. The van der Waals surface area contributed by atoms with Crippen LogP contribution >= 0.6 is 0 Å². The molecule has 0 saturated carbocycles. The Morgan fingerprint density at radius 1 is 1.65 bits per heavy atom. The highest BCUT2D eigenvalue weighted by Gasteiger charge is 2.35. The molecule has 4 heteroatoms. The molecule has 1 fully saturated rings. The standard InChI is InChI=1S/C13H21N3O/c1-10-8-13(17,5-7-16(10)2)9-11-4-3-6-15-12(11)14/h3-4,6,10,17H,5,7-9H2,1-2H3,(H2,14,15). The van der Waals surface area contributed by atoms with Gasteiger partial charge in [0.15, 0.2) is 0 Å². The normalized spacial score (nSPS) is 30.4. The van der Waals surface area contributed by atoms with E-state index in [9.17, 15) is 5.11 Å². The molecule has 1 aromatic rings. The van der Waals surface area contributed by atoms with Crippen LogP contribution in [-0.4, -0.2) is 40.2 Å². The van der Waals surface area contributed by atoms with E-state index in [-0.39, 0.29) is 0 Å². The second-order valence-corrected chi connectivity index (χ2v) is 5.23. The Morgan fingerprint density at radius 3 is 3.06 bits per heavy atom. The average molecular weight is 235 g/mol. The molecule has 4 nitrogen and oxygen atoms in total. The van der Waals surface area contributed by atoms with Crippen LogP contribution in [0.4, 0.5) is 5.82 Å². The molecule has 0 aromatic carbocycles. The molecule has 1 aliphatic rings. The summed E-state index contributed by atoms with van der Waals surface area (Å²) in [5.74, 6) is 0.535. The number of anilines is 1. The lowest BCUT2D eigenvalue weighted by Gasteiger charge is -2.41. The van der Waals surface area contributed by atoms with Gasteiger partial charge in [-0.2, -0.15) is 0 Å². The molecule has 1 aromatic heterocycles. The topological polar surface area (TPSA) is 62.4 Å². The summed E-state index contributed by atoms with van der Waals surface area (Å²) < 4.78 is 0. The Hall–Kier alpha value is -1.13. The maximum atomic E-state index is 10.6. The zero-order valence-corrected chi connectivity index (χ0v) is 10.6. The molecule has 2 unspecified atom stereocenters. The number of rotatable bonds is 2. The summed E-state index contributed by atoms with van der Waals surface area (Å²) in [7, 11) is 2.10. The van der Waals surface area contributed by atoms with Gasteiger partial charge in [0.25, 0.3) is 0 Å². The number of piperidine rings is 1. The number of pyridine rings is 1. The lowest BCUT2D eigenvalue weighted by atomic mass is 9.82. The Bertz CT molecular complexity index is 396. The summed E-state index contributed by atoms with van der Waals surface area (Å²) in [6.07, 6.45) is 3.87. The smallest absolute Gasteiger partial charge is 0.126 e. The van der Waals surface area contributed by atoms with Crippen LogP contribution in [-0.2, 0) is 6.42 Å². The van der Waals surface area contributed by atoms with Crippen LogP contribution in [0.3, 0.4) is 0 Å². The van der Waals surface area contributed by atoms with Crippen LogP contribution in [0.25, 0.3) is 0 Å². The summed E-state index contributed by atoms with van der Waals surface area (Å²) in [5.41, 5.74) is 6.14. The van der Waals surface area contributed by atoms with Crippen molar-refractivity contribution in [3.05, 3.63) is 23.9 Å². The zero-order valence-electron chi connectivity index (χ0n) is 10.6. The molecule has 0 radical (unpaired) electrons. The highest BCUT2D eigenvalue weighted by molar-refractivity contribution is 5.39. The Morgan fingerprint density at radius 2 is 2.41 bits per heavy atom. The van der Waals surface area contributed by atoms with Gasteiger partial charge in [-0.15, -0.1) is 0 Å². The fraction of sp³-hybridized carbons (Fsp3) is 0.615. The summed E-state index contributed by atoms with van der Waals surface area (Å²) in [6, 6.07) is 4.23. The maximum Gasteiger partial charge on any atom is 0.126 e. The first-order valence-corrected chi connectivity index (χ1v) is 6.12. The third kappa shape index (κ3) is 2.76. The van der Waals surface area contributed by atoms with Crippen molar-refractivity contribution >= 4 is 5.82 Å². The van der Waals surface area contributed by atoms with E-state index in [0.29, 0.717) is 18.3 Å². The molecule has 2 rings (SSSR count). The lowest BCUT2D eigenvalue weighted by molar-refractivity contribution is -0.0352. The Kier molecular flexibility index (Phi) is 3.35. The number of nitrogens with two attached hydrogens (primary N) is 1. The van der Waals surface area contributed by atoms with Crippen molar-refractivity contribution in [1.29, 1.82) is 0 Å². The SMILES string of the molecule is CC1CC(O)(Cc2cccnc2N)CCN1C. The van der Waals surface area contributed by atoms with E-state index in [4.69, 9.17) is 5.73 Å². The molecule has 2 heterocycles. The number of nitrogen functional groups attached to an aromatic ring is 1. The second-order valence-electron chi connectivity index (χ2n) is 5.23. The first kappa shape index (κ1) is 12.3. The van der Waals surface area contributed by atoms with Crippen molar-refractivity contribution in [2.45, 2.75) is 37.8 Å². The van der Waals surface area contributed by atoms with Gasteiger partial charge in [0, 0.05) is 25.2 Å². The van der Waals surface area contributed by atoms with Crippen molar-refractivity contribution in [1.82, 2.24) is 9.88 Å². The van der Waals surface area contributed by atoms with E-state index >= 15 is 0 Å². The molecule has 2 atom stereocenters. The van der Waals surface area contributed by atoms with Crippen molar-refractivity contribution in [2.24, 2.45) is 0 Å². The number of nitrogens with zero attached hydrogens (tertiary/aromatic N) is 2. The minimum Gasteiger partial charge on any atom is -0.389 e.